The van der Waals surface area contributed by atoms with Crippen molar-refractivity contribution in [1.29, 1.82) is 0 Å². The Kier molecular flexibility index (Phi) is 17.1. The highest BCUT2D eigenvalue weighted by atomic mass is 32.1. The molecule has 5 aromatic rings. The summed E-state index contributed by atoms with van der Waals surface area (Å²) in [6.45, 7) is 2.38. The van der Waals surface area contributed by atoms with Gasteiger partial charge in [0.25, 0.3) is 0 Å². The number of rotatable bonds is 19. The summed E-state index contributed by atoms with van der Waals surface area (Å²) in [6.07, 6.45) is 4.77. The molecular formula is C47H54N8O8S2. The molecule has 2 atom stereocenters. The van der Waals surface area contributed by atoms with Crippen molar-refractivity contribution in [1.82, 2.24) is 30.2 Å². The first kappa shape index (κ1) is 46.9. The molecule has 2 aliphatic heterocycles. The van der Waals surface area contributed by atoms with Crippen LogP contribution >= 0.6 is 22.7 Å². The number of hydrogen-bond acceptors (Lipinski definition) is 15. The molecule has 18 heteroatoms. The van der Waals surface area contributed by atoms with Gasteiger partial charge >= 0.3 is 18.0 Å². The molecule has 2 fully saturated rings. The summed E-state index contributed by atoms with van der Waals surface area (Å²) in [5, 5.41) is 25.0. The fraction of sp³-hybridized carbons (Fsp3) is 0.426. The quantitative estimate of drug-likeness (QED) is 0.0495. The molecule has 2 N–H and O–H groups in total. The molecular weight excluding hydrogens is 869 g/mol. The first-order valence-corrected chi connectivity index (χ1v) is 23.7. The van der Waals surface area contributed by atoms with E-state index < -0.39 is 29.8 Å². The van der Waals surface area contributed by atoms with Crippen LogP contribution in [0.4, 0.5) is 15.1 Å². The number of aryl methyl sites for hydroxylation is 2. The van der Waals surface area contributed by atoms with Gasteiger partial charge in [0, 0.05) is 25.9 Å². The molecule has 4 heterocycles. The summed E-state index contributed by atoms with van der Waals surface area (Å²) in [6, 6.07) is 27.9. The Balaban J connectivity index is 0.834. The number of nitrogens with zero attached hydrogens (tertiary/aromatic N) is 6. The first-order chi connectivity index (χ1) is 31.7. The second kappa shape index (κ2) is 23.7. The maximum absolute atomic E-state index is 13.6. The van der Waals surface area contributed by atoms with Gasteiger partial charge in [0.15, 0.2) is 0 Å². The summed E-state index contributed by atoms with van der Waals surface area (Å²) in [5.41, 5.74) is 2.34. The summed E-state index contributed by atoms with van der Waals surface area (Å²) in [7, 11) is 2.04. The van der Waals surface area contributed by atoms with Gasteiger partial charge in [-0.2, -0.15) is 0 Å². The standard InChI is InChI=1S/C47H54N8O8S2/c1-54-25-21-35(22-26-54)43(58)61-30-37(33-15-7-3-8-16-33)41(56)48-45-52-50-39(64-45)19-11-12-20-40-51-53-46(65-40)49-42(57)38(34-17-9-4-10-18-34)31-62-44(59)36-23-27-55(28-24-36)47(60)63-29-32-13-5-2-6-14-32/h2-10,13-18,35-38H,11-12,19-31H2,1H3,(H,48,52,56)(H,49,53,57). The van der Waals surface area contributed by atoms with Crippen LogP contribution in [-0.4, -0.2) is 106 Å². The number of piperidine rings is 2. The SMILES string of the molecule is CN1CCC(C(=O)OCC(C(=O)Nc2nnc(CCCCc3nnc(NC(=O)C(COC(=O)C4CCN(C(=O)OCc5ccccc5)CC4)c4ccccc4)s3)s2)c2ccccc2)CC1. The number of hydrogen-bond donors (Lipinski definition) is 2. The number of likely N-dealkylation sites (tertiary alicyclic amines) is 2. The molecule has 3 amide bonds. The number of benzene rings is 3. The average Bonchev–Trinajstić information content (AvgIpc) is 3.99. The number of amides is 3. The van der Waals surface area contributed by atoms with Crippen molar-refractivity contribution in [3.8, 4) is 0 Å². The number of nitrogens with one attached hydrogen (secondary N) is 2. The average molecular weight is 923 g/mol. The van der Waals surface area contributed by atoms with E-state index >= 15 is 0 Å². The highest BCUT2D eigenvalue weighted by molar-refractivity contribution is 7.15. The number of esters is 2. The number of carbonyl (C=O) groups excluding carboxylic acids is 5. The maximum Gasteiger partial charge on any atom is 0.410 e. The second-order valence-electron chi connectivity index (χ2n) is 16.3. The van der Waals surface area contributed by atoms with Crippen molar-refractivity contribution < 1.29 is 38.2 Å². The molecule has 2 unspecified atom stereocenters. The summed E-state index contributed by atoms with van der Waals surface area (Å²) in [5.74, 6) is -3.40. The lowest BCUT2D eigenvalue weighted by molar-refractivity contribution is -0.152. The molecule has 0 radical (unpaired) electrons. The van der Waals surface area contributed by atoms with Crippen molar-refractivity contribution in [2.24, 2.45) is 11.8 Å². The molecule has 0 aliphatic carbocycles. The zero-order chi connectivity index (χ0) is 45.4. The largest absolute Gasteiger partial charge is 0.464 e. The van der Waals surface area contributed by atoms with Crippen molar-refractivity contribution in [2.45, 2.75) is 69.8 Å². The third kappa shape index (κ3) is 13.9. The normalized spacial score (nSPS) is 15.7. The minimum atomic E-state index is -0.780. The van der Waals surface area contributed by atoms with Crippen LogP contribution in [0.15, 0.2) is 91.0 Å². The van der Waals surface area contributed by atoms with Crippen LogP contribution in [0.5, 0.6) is 0 Å². The van der Waals surface area contributed by atoms with E-state index in [4.69, 9.17) is 14.2 Å². The molecule has 2 saturated heterocycles. The molecule has 342 valence electrons. The summed E-state index contributed by atoms with van der Waals surface area (Å²) >= 11 is 2.59. The van der Waals surface area contributed by atoms with E-state index in [-0.39, 0.29) is 43.5 Å². The molecule has 7 rings (SSSR count). The Morgan fingerprint density at radius 2 is 1.03 bits per heavy atom. The Labute approximate surface area is 386 Å². The smallest absolute Gasteiger partial charge is 0.410 e. The summed E-state index contributed by atoms with van der Waals surface area (Å²) < 4.78 is 16.9. The van der Waals surface area contributed by atoms with Gasteiger partial charge in [-0.25, -0.2) is 4.79 Å². The van der Waals surface area contributed by atoms with Crippen LogP contribution in [-0.2, 0) is 52.8 Å². The van der Waals surface area contributed by atoms with Crippen LogP contribution in [0, 0.1) is 11.8 Å². The van der Waals surface area contributed by atoms with E-state index in [0.717, 1.165) is 59.9 Å². The van der Waals surface area contributed by atoms with Crippen LogP contribution in [0.3, 0.4) is 0 Å². The molecule has 2 aromatic heterocycles. The van der Waals surface area contributed by atoms with Crippen LogP contribution < -0.4 is 10.6 Å². The lowest BCUT2D eigenvalue weighted by Crippen LogP contribution is -2.41. The van der Waals surface area contributed by atoms with E-state index in [2.05, 4.69) is 35.9 Å². The third-order valence-corrected chi connectivity index (χ3v) is 13.4. The van der Waals surface area contributed by atoms with Gasteiger partial charge < -0.3 is 24.0 Å². The summed E-state index contributed by atoms with van der Waals surface area (Å²) in [4.78, 5) is 69.6. The van der Waals surface area contributed by atoms with Gasteiger partial charge in [-0.15, -0.1) is 20.4 Å². The van der Waals surface area contributed by atoms with Crippen molar-refractivity contribution in [2.75, 3.05) is 57.1 Å². The topological polar surface area (TPSA) is 195 Å². The molecule has 2 aliphatic rings. The molecule has 3 aromatic carbocycles. The van der Waals surface area contributed by atoms with Gasteiger partial charge in [0.2, 0.25) is 22.1 Å². The number of aromatic nitrogens is 4. The number of ether oxygens (including phenoxy) is 3. The zero-order valence-electron chi connectivity index (χ0n) is 36.3. The van der Waals surface area contributed by atoms with Gasteiger partial charge in [-0.05, 0) is 75.4 Å². The third-order valence-electron chi connectivity index (χ3n) is 11.6. The molecule has 16 nitrogen and oxygen atoms in total. The number of unbranched alkanes of at least 4 members (excludes halogenated alkanes) is 1. The minimum Gasteiger partial charge on any atom is -0.464 e. The van der Waals surface area contributed by atoms with Crippen LogP contribution in [0.2, 0.25) is 0 Å². The molecule has 0 saturated carbocycles. The van der Waals surface area contributed by atoms with Crippen LogP contribution in [0.1, 0.15) is 77.1 Å². The minimum absolute atomic E-state index is 0.0638. The van der Waals surface area contributed by atoms with Gasteiger partial charge in [-0.3, -0.25) is 29.8 Å². The van der Waals surface area contributed by atoms with Gasteiger partial charge in [0.1, 0.15) is 29.8 Å². The van der Waals surface area contributed by atoms with E-state index in [1.165, 1.54) is 22.7 Å². The lowest BCUT2D eigenvalue weighted by atomic mass is 9.96. The number of anilines is 2. The first-order valence-electron chi connectivity index (χ1n) is 22.0. The fourth-order valence-corrected chi connectivity index (χ4v) is 9.25. The predicted octanol–water partition coefficient (Wildman–Crippen LogP) is 6.88. The number of carbonyl (C=O) groups is 5. The van der Waals surface area contributed by atoms with E-state index in [9.17, 15) is 24.0 Å². The van der Waals surface area contributed by atoms with Gasteiger partial charge in [0.05, 0.1) is 23.7 Å². The maximum atomic E-state index is 13.6. The van der Waals surface area contributed by atoms with Crippen molar-refractivity contribution in [3.63, 3.8) is 0 Å². The highest BCUT2D eigenvalue weighted by Gasteiger charge is 2.32. The molecule has 0 bridgehead atoms. The van der Waals surface area contributed by atoms with Crippen molar-refractivity contribution in [3.05, 3.63) is 118 Å². The van der Waals surface area contributed by atoms with E-state index in [1.807, 2.05) is 98.0 Å². The zero-order valence-corrected chi connectivity index (χ0v) is 38.0. The monoisotopic (exact) mass is 922 g/mol. The molecule has 0 spiro atoms. The van der Waals surface area contributed by atoms with Gasteiger partial charge in [-0.1, -0.05) is 114 Å². The Morgan fingerprint density at radius 1 is 0.600 bits per heavy atom. The lowest BCUT2D eigenvalue weighted by Gasteiger charge is -2.30. The van der Waals surface area contributed by atoms with Crippen molar-refractivity contribution >= 4 is 62.8 Å². The van der Waals surface area contributed by atoms with E-state index in [0.29, 0.717) is 54.6 Å². The highest BCUT2D eigenvalue weighted by Crippen LogP contribution is 2.27. The predicted molar refractivity (Wildman–Crippen MR) is 245 cm³/mol. The Morgan fingerprint density at radius 3 is 1.49 bits per heavy atom. The Hall–Kier alpha value is -6.11. The molecule has 65 heavy (non-hydrogen) atoms. The fourth-order valence-electron chi connectivity index (χ4n) is 7.68. The Bertz CT molecular complexity index is 2320. The van der Waals surface area contributed by atoms with E-state index in [1.54, 1.807) is 4.90 Å². The van der Waals surface area contributed by atoms with Crippen LogP contribution in [0.25, 0.3) is 0 Å². The second-order valence-corrected chi connectivity index (χ2v) is 18.4.